The summed E-state index contributed by atoms with van der Waals surface area (Å²) < 4.78 is 63.2. The summed E-state index contributed by atoms with van der Waals surface area (Å²) in [6.07, 6.45) is 0. The Morgan fingerprint density at radius 1 is 0.667 bits per heavy atom. The van der Waals surface area contributed by atoms with Crippen molar-refractivity contribution in [2.45, 2.75) is 0 Å². The van der Waals surface area contributed by atoms with Crippen molar-refractivity contribution in [3.8, 4) is 0 Å². The minimum atomic E-state index is -4.67. The molecule has 0 fully saturated rings. The van der Waals surface area contributed by atoms with E-state index in [1.54, 1.807) is 0 Å². The third-order valence-corrected chi connectivity index (χ3v) is 0. The van der Waals surface area contributed by atoms with E-state index in [4.69, 9.17) is 35.0 Å². The number of rotatable bonds is 0. The van der Waals surface area contributed by atoms with Gasteiger partial charge in [0.2, 0.25) is 0 Å². The maximum Gasteiger partial charge on any atom is 0.394 e. The summed E-state index contributed by atoms with van der Waals surface area (Å²) in [5.41, 5.74) is 0. The molecular weight excluding hydrogens is 272 g/mol. The summed E-state index contributed by atoms with van der Waals surface area (Å²) in [5, 5.41) is 0. The van der Waals surface area contributed by atoms with E-state index in [2.05, 4.69) is 0 Å². The summed E-state index contributed by atoms with van der Waals surface area (Å²) >= 11 is 0. The maximum atomic E-state index is 8.74. The first-order valence-corrected chi connectivity index (χ1v) is 4.19. The molecule has 0 aliphatic carbocycles. The standard InChI is InChI=1S/Fe.Mg.2H2O4S.2H/c;;2*1-5(2,3)4;;/h;;2*(H2,1,2,3,4);;. The van der Waals surface area contributed by atoms with Crippen molar-refractivity contribution in [1.82, 2.24) is 0 Å². The quantitative estimate of drug-likeness (QED) is 0.287. The SMILES string of the molecule is O=S(=O)(O)O.O=S(=O)(O)O.[Fe].[MgH2]. The maximum absolute atomic E-state index is 8.74. The fourth-order valence-electron chi connectivity index (χ4n) is 0. The van der Waals surface area contributed by atoms with Crippen LogP contribution in [0.4, 0.5) is 0 Å². The average molecular weight is 278 g/mol. The Hall–Kier alpha value is 1.03. The summed E-state index contributed by atoms with van der Waals surface area (Å²) in [6.45, 7) is 0. The Morgan fingerprint density at radius 3 is 0.667 bits per heavy atom. The van der Waals surface area contributed by atoms with Gasteiger partial charge >= 0.3 is 43.9 Å². The topological polar surface area (TPSA) is 149 Å². The molecule has 0 aromatic heterocycles. The largest absolute Gasteiger partial charge is 0.394 e. The van der Waals surface area contributed by atoms with Crippen molar-refractivity contribution in [3.63, 3.8) is 0 Å². The van der Waals surface area contributed by atoms with E-state index >= 15 is 0 Å². The minimum absolute atomic E-state index is 0. The molecule has 0 aromatic rings. The predicted molar refractivity (Wildman–Crippen MR) is 36.9 cm³/mol. The van der Waals surface area contributed by atoms with E-state index < -0.39 is 20.8 Å². The Balaban J connectivity index is -0.0000000457. The first kappa shape index (κ1) is 23.1. The van der Waals surface area contributed by atoms with Gasteiger partial charge in [-0.15, -0.1) is 0 Å². The van der Waals surface area contributed by atoms with Crippen LogP contribution in [0, 0.1) is 0 Å². The Labute approximate surface area is 95.5 Å². The van der Waals surface area contributed by atoms with E-state index in [1.807, 2.05) is 0 Å². The molecule has 4 N–H and O–H groups in total. The van der Waals surface area contributed by atoms with Gasteiger partial charge in [-0.3, -0.25) is 18.2 Å². The van der Waals surface area contributed by atoms with Gasteiger partial charge in [0.25, 0.3) is 0 Å². The Kier molecular flexibility index (Phi) is 16.6. The minimum Gasteiger partial charge on any atom is -0.264 e. The zero-order valence-corrected chi connectivity index (χ0v) is 7.33. The fourth-order valence-corrected chi connectivity index (χ4v) is 0. The molecular formula is H6FeMgO8S2. The molecule has 0 unspecified atom stereocenters. The first-order chi connectivity index (χ1) is 4.00. The molecule has 0 spiro atoms. The molecule has 0 atom stereocenters. The average Bonchev–Trinajstić information content (AvgIpc) is 1.12. The molecule has 12 heteroatoms. The smallest absolute Gasteiger partial charge is 0.264 e. The monoisotopic (exact) mass is 278 g/mol. The van der Waals surface area contributed by atoms with E-state index in [9.17, 15) is 0 Å². The molecule has 0 radical (unpaired) electrons. The molecule has 0 aromatic carbocycles. The summed E-state index contributed by atoms with van der Waals surface area (Å²) in [5.74, 6) is 0. The molecule has 0 saturated carbocycles. The van der Waals surface area contributed by atoms with Crippen molar-refractivity contribution >= 4 is 43.9 Å². The summed E-state index contributed by atoms with van der Waals surface area (Å²) in [4.78, 5) is 0. The second-order valence-corrected chi connectivity index (χ2v) is 2.69. The van der Waals surface area contributed by atoms with Gasteiger partial charge < -0.3 is 0 Å². The van der Waals surface area contributed by atoms with Gasteiger partial charge in [0.15, 0.2) is 0 Å². The van der Waals surface area contributed by atoms with Crippen LogP contribution >= 0.6 is 0 Å². The molecule has 0 aliphatic rings. The summed E-state index contributed by atoms with van der Waals surface area (Å²) in [6, 6.07) is 0. The molecule has 76 valence electrons. The van der Waals surface area contributed by atoms with Gasteiger partial charge in [0.05, 0.1) is 0 Å². The van der Waals surface area contributed by atoms with Crippen LogP contribution < -0.4 is 0 Å². The molecule has 0 amide bonds. The van der Waals surface area contributed by atoms with Crippen LogP contribution in [-0.4, -0.2) is 58.1 Å². The zero-order chi connectivity index (χ0) is 9.00. The number of hydrogen-bond acceptors (Lipinski definition) is 4. The molecule has 0 aliphatic heterocycles. The summed E-state index contributed by atoms with van der Waals surface area (Å²) in [7, 11) is -9.33. The van der Waals surface area contributed by atoms with Crippen LogP contribution in [0.25, 0.3) is 0 Å². The first-order valence-electron chi connectivity index (χ1n) is 1.40. The third kappa shape index (κ3) is 1050. The molecule has 0 saturated heterocycles. The van der Waals surface area contributed by atoms with Crippen molar-refractivity contribution in [1.29, 1.82) is 0 Å². The predicted octanol–water partition coefficient (Wildman–Crippen LogP) is -2.22. The van der Waals surface area contributed by atoms with Gasteiger partial charge in [-0.2, -0.15) is 16.8 Å². The van der Waals surface area contributed by atoms with E-state index in [-0.39, 0.29) is 40.1 Å². The van der Waals surface area contributed by atoms with Gasteiger partial charge in [-0.25, -0.2) is 0 Å². The molecule has 0 bridgehead atoms. The molecule has 0 rings (SSSR count). The van der Waals surface area contributed by atoms with Crippen LogP contribution in [0.5, 0.6) is 0 Å². The third-order valence-electron chi connectivity index (χ3n) is 0. The van der Waals surface area contributed by atoms with Crippen LogP contribution in [0.3, 0.4) is 0 Å². The zero-order valence-electron chi connectivity index (χ0n) is 4.59. The van der Waals surface area contributed by atoms with Crippen LogP contribution in [0.2, 0.25) is 0 Å². The van der Waals surface area contributed by atoms with E-state index in [1.165, 1.54) is 0 Å². The van der Waals surface area contributed by atoms with Gasteiger partial charge in [-0.1, -0.05) is 0 Å². The Bertz CT molecular complexity index is 213. The van der Waals surface area contributed by atoms with Crippen LogP contribution in [0.15, 0.2) is 0 Å². The van der Waals surface area contributed by atoms with E-state index in [0.717, 1.165) is 0 Å². The van der Waals surface area contributed by atoms with E-state index in [0.29, 0.717) is 0 Å². The normalized spacial score (nSPS) is 9.67. The fraction of sp³-hybridized carbons (Fsp3) is 0. The van der Waals surface area contributed by atoms with Crippen LogP contribution in [0.1, 0.15) is 0 Å². The van der Waals surface area contributed by atoms with Crippen molar-refractivity contribution in [3.05, 3.63) is 0 Å². The molecule has 8 nitrogen and oxygen atoms in total. The second-order valence-electron chi connectivity index (χ2n) is 0.896. The van der Waals surface area contributed by atoms with Gasteiger partial charge in [0, 0.05) is 17.1 Å². The van der Waals surface area contributed by atoms with Crippen molar-refractivity contribution in [2.75, 3.05) is 0 Å². The van der Waals surface area contributed by atoms with Gasteiger partial charge in [-0.05, 0) is 0 Å². The van der Waals surface area contributed by atoms with Crippen molar-refractivity contribution < 1.29 is 52.1 Å². The molecule has 12 heavy (non-hydrogen) atoms. The van der Waals surface area contributed by atoms with Gasteiger partial charge in [0.1, 0.15) is 0 Å². The Morgan fingerprint density at radius 2 is 0.667 bits per heavy atom. The van der Waals surface area contributed by atoms with Crippen LogP contribution in [-0.2, 0) is 37.9 Å². The van der Waals surface area contributed by atoms with Crippen molar-refractivity contribution in [2.24, 2.45) is 0 Å². The second kappa shape index (κ2) is 8.62. The number of hydrogen-bond donors (Lipinski definition) is 4. The molecule has 0 heterocycles.